The minimum absolute atomic E-state index is 0.0291. The Bertz CT molecular complexity index is 1020. The van der Waals surface area contributed by atoms with E-state index in [1.165, 1.54) is 5.56 Å². The molecule has 1 saturated carbocycles. The molecule has 5 rings (SSSR count). The minimum atomic E-state index is -0.469. The second kappa shape index (κ2) is 8.86. The van der Waals surface area contributed by atoms with E-state index in [-0.39, 0.29) is 30.3 Å². The average molecular weight is 466 g/mol. The molecule has 1 unspecified atom stereocenters. The van der Waals surface area contributed by atoms with Crippen molar-refractivity contribution in [3.05, 3.63) is 59.4 Å². The lowest BCUT2D eigenvalue weighted by Crippen LogP contribution is -2.66. The molecule has 1 aromatic carbocycles. The summed E-state index contributed by atoms with van der Waals surface area (Å²) in [6.07, 6.45) is 4.42. The molecule has 1 saturated heterocycles. The number of carbonyl (C=O) groups is 1. The summed E-state index contributed by atoms with van der Waals surface area (Å²) in [6.45, 7) is 8.82. The molecular formula is C27H35N3O4. The van der Waals surface area contributed by atoms with Crippen LogP contribution < -0.4 is 4.74 Å². The highest BCUT2D eigenvalue weighted by Gasteiger charge is 2.55. The van der Waals surface area contributed by atoms with Crippen LogP contribution in [0.1, 0.15) is 56.5 Å². The van der Waals surface area contributed by atoms with Crippen molar-refractivity contribution < 1.29 is 19.4 Å². The SMILES string of the molecule is CC(C)(C)OC(=O)N1CC2(CC(Oc3ccnc4c3C(CO)N(Cc3ccccc3)CC4)C2)C1. The Hall–Kier alpha value is -2.64. The number of fused-ring (bicyclic) bond motifs is 1. The fraction of sp³-hybridized carbons (Fsp3) is 0.556. The van der Waals surface area contributed by atoms with Crippen LogP contribution in [0.2, 0.25) is 0 Å². The molecule has 1 aliphatic carbocycles. The molecule has 7 nitrogen and oxygen atoms in total. The summed E-state index contributed by atoms with van der Waals surface area (Å²) >= 11 is 0. The second-order valence-corrected chi connectivity index (χ2v) is 11.1. The number of rotatable bonds is 5. The lowest BCUT2D eigenvalue weighted by Gasteiger charge is -2.58. The summed E-state index contributed by atoms with van der Waals surface area (Å²) in [5.41, 5.74) is 2.97. The lowest BCUT2D eigenvalue weighted by molar-refractivity contribution is -0.117. The van der Waals surface area contributed by atoms with Crippen LogP contribution in [-0.2, 0) is 17.7 Å². The van der Waals surface area contributed by atoms with Gasteiger partial charge in [0.05, 0.1) is 18.3 Å². The third-order valence-corrected chi connectivity index (χ3v) is 7.16. The first-order chi connectivity index (χ1) is 16.3. The third kappa shape index (κ3) is 4.64. The van der Waals surface area contributed by atoms with Crippen LogP contribution in [0.3, 0.4) is 0 Å². The highest BCUT2D eigenvalue weighted by atomic mass is 16.6. The Labute approximate surface area is 201 Å². The normalized spacial score (nSPS) is 22.0. The van der Waals surface area contributed by atoms with Gasteiger partial charge in [0.1, 0.15) is 17.5 Å². The van der Waals surface area contributed by atoms with Gasteiger partial charge in [0.2, 0.25) is 0 Å². The minimum Gasteiger partial charge on any atom is -0.490 e. The molecule has 1 spiro atoms. The zero-order chi connectivity index (χ0) is 23.9. The summed E-state index contributed by atoms with van der Waals surface area (Å²) in [5, 5.41) is 10.3. The molecule has 1 amide bonds. The molecule has 0 bridgehead atoms. The molecule has 0 radical (unpaired) electrons. The van der Waals surface area contributed by atoms with Gasteiger partial charge in [-0.3, -0.25) is 9.88 Å². The Balaban J connectivity index is 1.22. The van der Waals surface area contributed by atoms with Gasteiger partial charge in [0.25, 0.3) is 0 Å². The number of amides is 1. The maximum absolute atomic E-state index is 12.3. The number of aromatic nitrogens is 1. The molecular weight excluding hydrogens is 430 g/mol. The van der Waals surface area contributed by atoms with Gasteiger partial charge in [-0.15, -0.1) is 0 Å². The first kappa shape index (κ1) is 23.1. The van der Waals surface area contributed by atoms with Gasteiger partial charge in [-0.05, 0) is 45.2 Å². The third-order valence-electron chi connectivity index (χ3n) is 7.16. The first-order valence-corrected chi connectivity index (χ1v) is 12.3. The number of aliphatic hydroxyl groups is 1. The number of ether oxygens (including phenoxy) is 2. The molecule has 1 atom stereocenters. The van der Waals surface area contributed by atoms with Crippen LogP contribution in [0.15, 0.2) is 42.6 Å². The van der Waals surface area contributed by atoms with E-state index in [1.807, 2.05) is 51.2 Å². The van der Waals surface area contributed by atoms with Gasteiger partial charge in [0.15, 0.2) is 0 Å². The van der Waals surface area contributed by atoms with Crippen LogP contribution in [0.4, 0.5) is 4.79 Å². The van der Waals surface area contributed by atoms with Crippen molar-refractivity contribution >= 4 is 6.09 Å². The zero-order valence-corrected chi connectivity index (χ0v) is 20.4. The van der Waals surface area contributed by atoms with Crippen LogP contribution in [0.25, 0.3) is 0 Å². The highest BCUT2D eigenvalue weighted by molar-refractivity contribution is 5.69. The predicted molar refractivity (Wildman–Crippen MR) is 129 cm³/mol. The van der Waals surface area contributed by atoms with Gasteiger partial charge >= 0.3 is 6.09 Å². The van der Waals surface area contributed by atoms with E-state index in [0.29, 0.717) is 0 Å². The number of benzene rings is 1. The summed E-state index contributed by atoms with van der Waals surface area (Å²) in [7, 11) is 0. The molecule has 1 N–H and O–H groups in total. The maximum atomic E-state index is 12.3. The van der Waals surface area contributed by atoms with Crippen LogP contribution in [-0.4, -0.2) is 63.9 Å². The maximum Gasteiger partial charge on any atom is 0.410 e. The topological polar surface area (TPSA) is 75.1 Å². The van der Waals surface area contributed by atoms with Crippen molar-refractivity contribution in [2.24, 2.45) is 5.41 Å². The van der Waals surface area contributed by atoms with Gasteiger partial charge in [-0.25, -0.2) is 4.79 Å². The van der Waals surface area contributed by atoms with E-state index in [0.717, 1.165) is 62.4 Å². The van der Waals surface area contributed by atoms with Crippen LogP contribution >= 0.6 is 0 Å². The first-order valence-electron chi connectivity index (χ1n) is 12.3. The lowest BCUT2D eigenvalue weighted by atomic mass is 9.62. The summed E-state index contributed by atoms with van der Waals surface area (Å²) in [4.78, 5) is 21.0. The summed E-state index contributed by atoms with van der Waals surface area (Å²) in [6, 6.07) is 12.2. The molecule has 2 aliphatic heterocycles. The molecule has 3 heterocycles. The quantitative estimate of drug-likeness (QED) is 0.721. The number of aliphatic hydroxyl groups excluding tert-OH is 1. The molecule has 3 aliphatic rings. The molecule has 2 aromatic rings. The fourth-order valence-corrected chi connectivity index (χ4v) is 5.60. The van der Waals surface area contributed by atoms with Crippen molar-refractivity contribution in [1.82, 2.24) is 14.8 Å². The van der Waals surface area contributed by atoms with Crippen molar-refractivity contribution in [3.63, 3.8) is 0 Å². The Morgan fingerprint density at radius 2 is 1.91 bits per heavy atom. The molecule has 182 valence electrons. The van der Waals surface area contributed by atoms with Crippen LogP contribution in [0.5, 0.6) is 5.75 Å². The van der Waals surface area contributed by atoms with E-state index in [4.69, 9.17) is 9.47 Å². The Morgan fingerprint density at radius 3 is 2.59 bits per heavy atom. The smallest absolute Gasteiger partial charge is 0.410 e. The highest BCUT2D eigenvalue weighted by Crippen LogP contribution is 2.50. The van der Waals surface area contributed by atoms with Gasteiger partial charge < -0.3 is 19.5 Å². The number of hydrogen-bond acceptors (Lipinski definition) is 6. The van der Waals surface area contributed by atoms with E-state index < -0.39 is 5.60 Å². The standard InChI is InChI=1S/C27H35N3O4/c1-26(2,3)34-25(32)30-17-27(18-30)13-20(14-27)33-23-9-11-28-21-10-12-29(22(16-31)24(21)23)15-19-7-5-4-6-8-19/h4-9,11,20,22,31H,10,12-18H2,1-3H3. The van der Waals surface area contributed by atoms with Crippen molar-refractivity contribution in [1.29, 1.82) is 0 Å². The zero-order valence-electron chi connectivity index (χ0n) is 20.4. The van der Waals surface area contributed by atoms with Gasteiger partial charge in [-0.2, -0.15) is 0 Å². The number of hydrogen-bond donors (Lipinski definition) is 1. The van der Waals surface area contributed by atoms with E-state index in [2.05, 4.69) is 22.0 Å². The van der Waals surface area contributed by atoms with E-state index >= 15 is 0 Å². The molecule has 34 heavy (non-hydrogen) atoms. The van der Waals surface area contributed by atoms with E-state index in [9.17, 15) is 9.90 Å². The number of nitrogens with zero attached hydrogens (tertiary/aromatic N) is 3. The van der Waals surface area contributed by atoms with Crippen molar-refractivity contribution in [2.45, 2.75) is 64.3 Å². The molecule has 7 heteroatoms. The summed E-state index contributed by atoms with van der Waals surface area (Å²) < 4.78 is 12.0. The second-order valence-electron chi connectivity index (χ2n) is 11.1. The monoisotopic (exact) mass is 465 g/mol. The average Bonchev–Trinajstić information content (AvgIpc) is 2.74. The Morgan fingerprint density at radius 1 is 1.18 bits per heavy atom. The number of likely N-dealkylation sites (tertiary alicyclic amines) is 1. The number of pyridine rings is 1. The summed E-state index contributed by atoms with van der Waals surface area (Å²) in [5.74, 6) is 0.838. The van der Waals surface area contributed by atoms with Crippen molar-refractivity contribution in [3.8, 4) is 5.75 Å². The molecule has 2 fully saturated rings. The molecule has 1 aromatic heterocycles. The van der Waals surface area contributed by atoms with Crippen LogP contribution in [0, 0.1) is 5.41 Å². The van der Waals surface area contributed by atoms with Gasteiger partial charge in [0, 0.05) is 49.8 Å². The predicted octanol–water partition coefficient (Wildman–Crippen LogP) is 3.95. The van der Waals surface area contributed by atoms with Gasteiger partial charge in [-0.1, -0.05) is 30.3 Å². The largest absolute Gasteiger partial charge is 0.490 e. The number of carbonyl (C=O) groups excluding carboxylic acids is 1. The Kier molecular flexibility index (Phi) is 6.02. The van der Waals surface area contributed by atoms with Crippen molar-refractivity contribution in [2.75, 3.05) is 26.2 Å². The van der Waals surface area contributed by atoms with E-state index in [1.54, 1.807) is 4.90 Å². The fourth-order valence-electron chi connectivity index (χ4n) is 5.60.